The van der Waals surface area contributed by atoms with E-state index in [1.165, 1.54) is 5.56 Å². The lowest BCUT2D eigenvalue weighted by atomic mass is 10.1. The third-order valence-electron chi connectivity index (χ3n) is 5.51. The van der Waals surface area contributed by atoms with Crippen molar-refractivity contribution >= 4 is 11.8 Å². The van der Waals surface area contributed by atoms with Crippen molar-refractivity contribution in [2.75, 3.05) is 37.7 Å². The second-order valence-electron chi connectivity index (χ2n) is 7.96. The maximum Gasteiger partial charge on any atom is 0.191 e. The van der Waals surface area contributed by atoms with Crippen LogP contribution in [0.3, 0.4) is 0 Å². The molecule has 174 valence electrons. The van der Waals surface area contributed by atoms with Gasteiger partial charge in [-0.3, -0.25) is 0 Å². The molecule has 2 heterocycles. The quantitative estimate of drug-likeness (QED) is 0.435. The van der Waals surface area contributed by atoms with E-state index >= 15 is 0 Å². The minimum Gasteiger partial charge on any atom is -0.488 e. The van der Waals surface area contributed by atoms with Crippen molar-refractivity contribution in [3.63, 3.8) is 0 Å². The lowest BCUT2D eigenvalue weighted by Gasteiger charge is -2.19. The largest absolute Gasteiger partial charge is 0.488 e. The highest BCUT2D eigenvalue weighted by molar-refractivity contribution is 5.79. The molecule has 7 heteroatoms. The fourth-order valence-corrected chi connectivity index (χ4v) is 3.64. The van der Waals surface area contributed by atoms with Crippen molar-refractivity contribution in [3.8, 4) is 5.75 Å². The molecule has 1 aliphatic rings. The topological polar surface area (TPSA) is 71.0 Å². The highest BCUT2D eigenvalue weighted by Crippen LogP contribution is 2.23. The number of hydrogen-bond acceptors (Lipinski definition) is 5. The maximum atomic E-state index is 6.22. The molecule has 0 bridgehead atoms. The van der Waals surface area contributed by atoms with E-state index in [1.54, 1.807) is 0 Å². The van der Waals surface area contributed by atoms with E-state index in [1.807, 2.05) is 6.20 Å². The summed E-state index contributed by atoms with van der Waals surface area (Å²) in [5.41, 5.74) is 3.38. The van der Waals surface area contributed by atoms with E-state index in [2.05, 4.69) is 78.5 Å². The van der Waals surface area contributed by atoms with Crippen LogP contribution in [0.15, 0.2) is 41.5 Å². The number of hydrogen-bond donors (Lipinski definition) is 2. The lowest BCUT2D eigenvalue weighted by molar-refractivity contribution is 0.140. The fraction of sp³-hybridized carbons (Fsp3) is 0.520. The van der Waals surface area contributed by atoms with Gasteiger partial charge in [-0.1, -0.05) is 18.2 Å². The highest BCUT2D eigenvalue weighted by atomic mass is 16.5. The summed E-state index contributed by atoms with van der Waals surface area (Å²) in [5.74, 6) is 2.70. The van der Waals surface area contributed by atoms with E-state index in [0.717, 1.165) is 61.3 Å². The number of benzene rings is 1. The number of anilines is 1. The second-order valence-corrected chi connectivity index (χ2v) is 7.96. The Hall–Kier alpha value is -2.80. The molecular weight excluding hydrogens is 402 g/mol. The van der Waals surface area contributed by atoms with Gasteiger partial charge in [0, 0.05) is 44.4 Å². The molecule has 0 amide bonds. The van der Waals surface area contributed by atoms with Gasteiger partial charge in [0.2, 0.25) is 0 Å². The van der Waals surface area contributed by atoms with Crippen molar-refractivity contribution in [2.24, 2.45) is 4.99 Å². The number of nitrogens with one attached hydrogen (secondary N) is 2. The van der Waals surface area contributed by atoms with Gasteiger partial charge in [-0.15, -0.1) is 0 Å². The van der Waals surface area contributed by atoms with E-state index in [9.17, 15) is 0 Å². The number of pyridine rings is 1. The molecule has 1 atom stereocenters. The summed E-state index contributed by atoms with van der Waals surface area (Å²) in [6.45, 7) is 13.8. The van der Waals surface area contributed by atoms with Gasteiger partial charge in [-0.2, -0.15) is 0 Å². The summed E-state index contributed by atoms with van der Waals surface area (Å²) in [7, 11) is 0. The molecule has 3 rings (SSSR count). The molecule has 1 fully saturated rings. The molecule has 0 radical (unpaired) electrons. The molecule has 32 heavy (non-hydrogen) atoms. The first-order valence-corrected chi connectivity index (χ1v) is 11.7. The standard InChI is InChI=1S/C25H37N5O2/c1-5-26-25(28-16-20-9-11-24(27-15-20)30(6-2)7-3)29-17-21-10-8-19(4)14-23(21)32-22-12-13-31-18-22/h8-11,14-15,22H,5-7,12-13,16-18H2,1-4H3,(H2,26,28,29). The number of rotatable bonds is 10. The Kier molecular flexibility index (Phi) is 9.16. The number of nitrogens with zero attached hydrogens (tertiary/aromatic N) is 3. The van der Waals surface area contributed by atoms with Crippen LogP contribution in [0.4, 0.5) is 5.82 Å². The predicted molar refractivity (Wildman–Crippen MR) is 130 cm³/mol. The van der Waals surface area contributed by atoms with Gasteiger partial charge in [0.05, 0.1) is 19.8 Å². The Balaban J connectivity index is 1.63. The molecule has 0 saturated carbocycles. The molecule has 2 aromatic rings. The zero-order chi connectivity index (χ0) is 22.8. The summed E-state index contributed by atoms with van der Waals surface area (Å²) in [6.07, 6.45) is 2.98. The molecule has 0 aliphatic carbocycles. The van der Waals surface area contributed by atoms with Gasteiger partial charge in [-0.05, 0) is 51.0 Å². The van der Waals surface area contributed by atoms with Crippen molar-refractivity contribution in [3.05, 3.63) is 53.2 Å². The van der Waals surface area contributed by atoms with E-state index < -0.39 is 0 Å². The zero-order valence-electron chi connectivity index (χ0n) is 19.9. The van der Waals surface area contributed by atoms with Crippen LogP contribution in [0.1, 0.15) is 43.9 Å². The van der Waals surface area contributed by atoms with Crippen molar-refractivity contribution in [1.82, 2.24) is 15.6 Å². The van der Waals surface area contributed by atoms with E-state index in [0.29, 0.717) is 19.7 Å². The lowest BCUT2D eigenvalue weighted by Crippen LogP contribution is -2.37. The second kappa shape index (κ2) is 12.3. The van der Waals surface area contributed by atoms with Gasteiger partial charge in [0.1, 0.15) is 17.7 Å². The van der Waals surface area contributed by atoms with Crippen LogP contribution in [-0.2, 0) is 17.8 Å². The fourth-order valence-electron chi connectivity index (χ4n) is 3.64. The van der Waals surface area contributed by atoms with Crippen LogP contribution in [0.2, 0.25) is 0 Å². The van der Waals surface area contributed by atoms with Crippen molar-refractivity contribution in [1.29, 1.82) is 0 Å². The predicted octanol–water partition coefficient (Wildman–Crippen LogP) is 3.66. The summed E-state index contributed by atoms with van der Waals surface area (Å²) in [5, 5.41) is 6.76. The Morgan fingerprint density at radius 1 is 1.19 bits per heavy atom. The highest BCUT2D eigenvalue weighted by Gasteiger charge is 2.18. The Labute approximate surface area is 192 Å². The molecule has 1 unspecified atom stereocenters. The van der Waals surface area contributed by atoms with Gasteiger partial charge < -0.3 is 25.0 Å². The Bertz CT molecular complexity index is 859. The normalized spacial score (nSPS) is 16.1. The third kappa shape index (κ3) is 6.85. The molecule has 1 aromatic heterocycles. The SMILES string of the molecule is CCNC(=NCc1ccc(N(CC)CC)nc1)NCc1ccc(C)cc1OC1CCOC1. The van der Waals surface area contributed by atoms with E-state index in [-0.39, 0.29) is 6.10 Å². The van der Waals surface area contributed by atoms with Crippen LogP contribution < -0.4 is 20.3 Å². The molecule has 1 saturated heterocycles. The van der Waals surface area contributed by atoms with Crippen LogP contribution in [0.5, 0.6) is 5.75 Å². The van der Waals surface area contributed by atoms with Crippen molar-refractivity contribution in [2.45, 2.75) is 53.3 Å². The molecule has 7 nitrogen and oxygen atoms in total. The number of ether oxygens (including phenoxy) is 2. The molecule has 1 aliphatic heterocycles. The Morgan fingerprint density at radius 3 is 2.69 bits per heavy atom. The number of aromatic nitrogens is 1. The third-order valence-corrected chi connectivity index (χ3v) is 5.51. The summed E-state index contributed by atoms with van der Waals surface area (Å²) < 4.78 is 11.7. The summed E-state index contributed by atoms with van der Waals surface area (Å²) in [6, 6.07) is 10.5. The van der Waals surface area contributed by atoms with Crippen LogP contribution >= 0.6 is 0 Å². The monoisotopic (exact) mass is 439 g/mol. The maximum absolute atomic E-state index is 6.22. The smallest absolute Gasteiger partial charge is 0.191 e. The molecule has 1 aromatic carbocycles. The first-order valence-electron chi connectivity index (χ1n) is 11.7. The zero-order valence-corrected chi connectivity index (χ0v) is 19.9. The van der Waals surface area contributed by atoms with Gasteiger partial charge in [-0.25, -0.2) is 9.98 Å². The summed E-state index contributed by atoms with van der Waals surface area (Å²) >= 11 is 0. The van der Waals surface area contributed by atoms with Crippen LogP contribution in [-0.4, -0.2) is 49.9 Å². The van der Waals surface area contributed by atoms with Crippen molar-refractivity contribution < 1.29 is 9.47 Å². The van der Waals surface area contributed by atoms with Gasteiger partial charge in [0.15, 0.2) is 5.96 Å². The van der Waals surface area contributed by atoms with Crippen LogP contribution in [0, 0.1) is 6.92 Å². The van der Waals surface area contributed by atoms with E-state index in [4.69, 9.17) is 14.5 Å². The number of guanidine groups is 1. The average molecular weight is 440 g/mol. The first kappa shape index (κ1) is 23.9. The molecule has 2 N–H and O–H groups in total. The number of aliphatic imine (C=N–C) groups is 1. The first-order chi connectivity index (χ1) is 15.6. The summed E-state index contributed by atoms with van der Waals surface area (Å²) in [4.78, 5) is 11.6. The van der Waals surface area contributed by atoms with Crippen LogP contribution in [0.25, 0.3) is 0 Å². The molecule has 0 spiro atoms. The number of aryl methyl sites for hydroxylation is 1. The Morgan fingerprint density at radius 2 is 2.03 bits per heavy atom. The minimum atomic E-state index is 0.129. The van der Waals surface area contributed by atoms with Gasteiger partial charge >= 0.3 is 0 Å². The van der Waals surface area contributed by atoms with Gasteiger partial charge in [0.25, 0.3) is 0 Å². The average Bonchev–Trinajstić information content (AvgIpc) is 3.31. The molecular formula is C25H37N5O2. The minimum absolute atomic E-state index is 0.129.